The Labute approximate surface area is 161 Å². The minimum atomic E-state index is -0.470. The second kappa shape index (κ2) is 9.47. The van der Waals surface area contributed by atoms with Gasteiger partial charge in [0.1, 0.15) is 0 Å². The number of hydrogen-bond acceptors (Lipinski definition) is 4. The van der Waals surface area contributed by atoms with Crippen LogP contribution in [-0.2, 0) is 16.1 Å². The molecule has 27 heavy (non-hydrogen) atoms. The second-order valence-corrected chi connectivity index (χ2v) is 7.19. The molecule has 0 spiro atoms. The molecule has 0 amide bonds. The molecular formula is C23H28N2O2. The summed E-state index contributed by atoms with van der Waals surface area (Å²) in [6.45, 7) is 4.84. The maximum atomic E-state index is 12.9. The van der Waals surface area contributed by atoms with E-state index in [9.17, 15) is 4.79 Å². The first-order valence-electron chi connectivity index (χ1n) is 9.72. The Balaban J connectivity index is 1.73. The number of carbonyl (C=O) groups is 1. The van der Waals surface area contributed by atoms with Crippen molar-refractivity contribution in [2.75, 3.05) is 19.7 Å². The van der Waals surface area contributed by atoms with E-state index in [0.717, 1.165) is 38.0 Å². The Kier molecular flexibility index (Phi) is 6.77. The van der Waals surface area contributed by atoms with Crippen molar-refractivity contribution in [1.29, 1.82) is 0 Å². The predicted molar refractivity (Wildman–Crippen MR) is 108 cm³/mol. The van der Waals surface area contributed by atoms with Crippen molar-refractivity contribution in [3.05, 3.63) is 72.1 Å². The van der Waals surface area contributed by atoms with Crippen molar-refractivity contribution in [2.24, 2.45) is 5.41 Å². The standard InChI is InChI=1S/C23H28N2O2/c1-2-27-22(26)23(13-6-11-20-9-4-3-5-10-20)14-8-16-25(19-23)18-21-12-7-15-24-17-21/h3-7,9-12,15,17H,2,8,13-14,16,18-19H2,1H3. The first-order chi connectivity index (χ1) is 13.2. The van der Waals surface area contributed by atoms with Crippen LogP contribution in [0, 0.1) is 5.41 Å². The molecule has 1 aliphatic heterocycles. The molecule has 4 nitrogen and oxygen atoms in total. The highest BCUT2D eigenvalue weighted by atomic mass is 16.5. The van der Waals surface area contributed by atoms with Gasteiger partial charge in [-0.25, -0.2) is 0 Å². The molecule has 0 radical (unpaired) electrons. The highest BCUT2D eigenvalue weighted by Gasteiger charge is 2.42. The quantitative estimate of drug-likeness (QED) is 0.686. The molecule has 2 aromatic rings. The average Bonchev–Trinajstić information content (AvgIpc) is 2.70. The smallest absolute Gasteiger partial charge is 0.313 e. The number of pyridine rings is 1. The largest absolute Gasteiger partial charge is 0.466 e. The Morgan fingerprint density at radius 3 is 2.85 bits per heavy atom. The number of nitrogens with zero attached hydrogens (tertiary/aromatic N) is 2. The topological polar surface area (TPSA) is 42.4 Å². The maximum absolute atomic E-state index is 12.9. The Hall–Kier alpha value is -2.46. The summed E-state index contributed by atoms with van der Waals surface area (Å²) in [6.07, 6.45) is 10.5. The van der Waals surface area contributed by atoms with E-state index in [-0.39, 0.29) is 5.97 Å². The molecule has 3 rings (SSSR count). The van der Waals surface area contributed by atoms with Crippen molar-refractivity contribution < 1.29 is 9.53 Å². The Morgan fingerprint density at radius 2 is 2.11 bits per heavy atom. The van der Waals surface area contributed by atoms with E-state index in [2.05, 4.69) is 40.2 Å². The van der Waals surface area contributed by atoms with Gasteiger partial charge in [0.25, 0.3) is 0 Å². The van der Waals surface area contributed by atoms with Crippen LogP contribution in [-0.4, -0.2) is 35.5 Å². The van der Waals surface area contributed by atoms with Gasteiger partial charge in [-0.1, -0.05) is 48.6 Å². The van der Waals surface area contributed by atoms with Gasteiger partial charge in [-0.05, 0) is 49.9 Å². The minimum absolute atomic E-state index is 0.0707. The molecular weight excluding hydrogens is 336 g/mol. The lowest BCUT2D eigenvalue weighted by molar-refractivity contribution is -0.159. The summed E-state index contributed by atoms with van der Waals surface area (Å²) in [5, 5.41) is 0. The summed E-state index contributed by atoms with van der Waals surface area (Å²) >= 11 is 0. The van der Waals surface area contributed by atoms with E-state index in [4.69, 9.17) is 4.74 Å². The summed E-state index contributed by atoms with van der Waals surface area (Å²) in [7, 11) is 0. The van der Waals surface area contributed by atoms with Crippen molar-refractivity contribution in [3.8, 4) is 0 Å². The molecule has 2 heterocycles. The zero-order chi connectivity index (χ0) is 19.0. The summed E-state index contributed by atoms with van der Waals surface area (Å²) in [5.41, 5.74) is 1.86. The van der Waals surface area contributed by atoms with Crippen LogP contribution in [0.5, 0.6) is 0 Å². The number of aromatic nitrogens is 1. The SMILES string of the molecule is CCOC(=O)C1(CC=Cc2ccccc2)CCCN(Cc2cccnc2)C1. The van der Waals surface area contributed by atoms with Crippen LogP contribution in [0.2, 0.25) is 0 Å². The number of carbonyl (C=O) groups excluding carboxylic acids is 1. The predicted octanol–water partition coefficient (Wildman–Crippen LogP) is 4.33. The van der Waals surface area contributed by atoms with Crippen molar-refractivity contribution in [1.82, 2.24) is 9.88 Å². The van der Waals surface area contributed by atoms with Crippen LogP contribution in [0.1, 0.15) is 37.3 Å². The van der Waals surface area contributed by atoms with Crippen LogP contribution in [0.4, 0.5) is 0 Å². The number of rotatable bonds is 7. The van der Waals surface area contributed by atoms with Gasteiger partial charge < -0.3 is 4.74 Å². The van der Waals surface area contributed by atoms with Crippen LogP contribution >= 0.6 is 0 Å². The first kappa shape index (κ1) is 19.3. The number of hydrogen-bond donors (Lipinski definition) is 0. The molecule has 0 aliphatic carbocycles. The maximum Gasteiger partial charge on any atom is 0.313 e. The zero-order valence-corrected chi connectivity index (χ0v) is 16.0. The van der Waals surface area contributed by atoms with Crippen molar-refractivity contribution in [3.63, 3.8) is 0 Å². The fourth-order valence-corrected chi connectivity index (χ4v) is 3.80. The molecule has 1 saturated heterocycles. The van der Waals surface area contributed by atoms with Crippen LogP contribution < -0.4 is 0 Å². The van der Waals surface area contributed by atoms with E-state index in [1.165, 1.54) is 5.56 Å². The molecule has 1 unspecified atom stereocenters. The van der Waals surface area contributed by atoms with E-state index in [1.807, 2.05) is 37.4 Å². The number of piperidine rings is 1. The summed E-state index contributed by atoms with van der Waals surface area (Å²) in [6, 6.07) is 14.2. The fraction of sp³-hybridized carbons (Fsp3) is 0.391. The summed E-state index contributed by atoms with van der Waals surface area (Å²) in [4.78, 5) is 19.4. The van der Waals surface area contributed by atoms with Gasteiger partial charge in [-0.3, -0.25) is 14.7 Å². The van der Waals surface area contributed by atoms with Gasteiger partial charge >= 0.3 is 5.97 Å². The van der Waals surface area contributed by atoms with Gasteiger partial charge in [0.15, 0.2) is 0 Å². The fourth-order valence-electron chi connectivity index (χ4n) is 3.80. The van der Waals surface area contributed by atoms with Gasteiger partial charge in [0.05, 0.1) is 12.0 Å². The van der Waals surface area contributed by atoms with Gasteiger partial charge in [-0.2, -0.15) is 0 Å². The molecule has 1 aliphatic rings. The Bertz CT molecular complexity index is 745. The second-order valence-electron chi connectivity index (χ2n) is 7.19. The highest BCUT2D eigenvalue weighted by molar-refractivity contribution is 5.77. The van der Waals surface area contributed by atoms with E-state index >= 15 is 0 Å². The first-order valence-corrected chi connectivity index (χ1v) is 9.72. The molecule has 0 N–H and O–H groups in total. The molecule has 4 heteroatoms. The third kappa shape index (κ3) is 5.27. The van der Waals surface area contributed by atoms with Gasteiger partial charge in [0, 0.05) is 25.5 Å². The van der Waals surface area contributed by atoms with Crippen LogP contribution in [0.3, 0.4) is 0 Å². The highest BCUT2D eigenvalue weighted by Crippen LogP contribution is 2.36. The van der Waals surface area contributed by atoms with Crippen molar-refractivity contribution in [2.45, 2.75) is 32.7 Å². The third-order valence-corrected chi connectivity index (χ3v) is 5.11. The molecule has 142 valence electrons. The van der Waals surface area contributed by atoms with E-state index in [1.54, 1.807) is 6.20 Å². The van der Waals surface area contributed by atoms with Gasteiger partial charge in [0.2, 0.25) is 0 Å². The molecule has 1 aromatic carbocycles. The monoisotopic (exact) mass is 364 g/mol. The number of benzene rings is 1. The Morgan fingerprint density at radius 1 is 1.26 bits per heavy atom. The minimum Gasteiger partial charge on any atom is -0.466 e. The lowest BCUT2D eigenvalue weighted by atomic mass is 9.76. The zero-order valence-electron chi connectivity index (χ0n) is 16.0. The van der Waals surface area contributed by atoms with Gasteiger partial charge in [-0.15, -0.1) is 0 Å². The summed E-state index contributed by atoms with van der Waals surface area (Å²) in [5.74, 6) is -0.0707. The molecule has 1 aromatic heterocycles. The third-order valence-electron chi connectivity index (χ3n) is 5.11. The van der Waals surface area contributed by atoms with E-state index in [0.29, 0.717) is 13.0 Å². The number of ether oxygens (including phenoxy) is 1. The van der Waals surface area contributed by atoms with E-state index < -0.39 is 5.41 Å². The molecule has 0 bridgehead atoms. The van der Waals surface area contributed by atoms with Crippen molar-refractivity contribution >= 4 is 12.0 Å². The lowest BCUT2D eigenvalue weighted by Crippen LogP contribution is -2.48. The summed E-state index contributed by atoms with van der Waals surface area (Å²) < 4.78 is 5.47. The number of esters is 1. The normalized spacial score (nSPS) is 20.6. The molecule has 0 saturated carbocycles. The van der Waals surface area contributed by atoms with Crippen LogP contribution in [0.15, 0.2) is 60.9 Å². The average molecular weight is 364 g/mol. The number of likely N-dealkylation sites (tertiary alicyclic amines) is 1. The molecule has 1 fully saturated rings. The van der Waals surface area contributed by atoms with Crippen LogP contribution in [0.25, 0.3) is 6.08 Å². The lowest BCUT2D eigenvalue weighted by Gasteiger charge is -2.40. The number of allylic oxidation sites excluding steroid dienone is 1. The molecule has 1 atom stereocenters.